The third-order valence-electron chi connectivity index (χ3n) is 2.22. The molecule has 0 atom stereocenters. The number of rotatable bonds is 3. The lowest BCUT2D eigenvalue weighted by Crippen LogP contribution is -2.34. The Morgan fingerprint density at radius 1 is 1.21 bits per heavy atom. The summed E-state index contributed by atoms with van der Waals surface area (Å²) in [5, 5.41) is 18.3. The van der Waals surface area contributed by atoms with Crippen LogP contribution in [-0.2, 0) is 11.3 Å². The summed E-state index contributed by atoms with van der Waals surface area (Å²) in [7, 11) is 0.242. The van der Waals surface area contributed by atoms with E-state index in [1.807, 2.05) is 26.0 Å². The Morgan fingerprint density at radius 3 is 2.07 bits per heavy atom. The van der Waals surface area contributed by atoms with Gasteiger partial charge in [0.2, 0.25) is 0 Å². The lowest BCUT2D eigenvalue weighted by atomic mass is 9.74. The van der Waals surface area contributed by atoms with Crippen molar-refractivity contribution < 1.29 is 14.8 Å². The molecule has 0 aliphatic rings. The van der Waals surface area contributed by atoms with E-state index in [1.165, 1.54) is 0 Å². The van der Waals surface area contributed by atoms with Gasteiger partial charge in [-0.2, -0.15) is 0 Å². The molecular formula is C10H15BO3. The molecular weight excluding hydrogens is 179 g/mol. The van der Waals surface area contributed by atoms with E-state index in [2.05, 4.69) is 0 Å². The summed E-state index contributed by atoms with van der Waals surface area (Å²) in [6.07, 6.45) is 0. The van der Waals surface area contributed by atoms with E-state index < -0.39 is 7.12 Å². The van der Waals surface area contributed by atoms with Crippen LogP contribution in [0.1, 0.15) is 16.7 Å². The van der Waals surface area contributed by atoms with Crippen molar-refractivity contribution in [1.29, 1.82) is 0 Å². The number of aryl methyl sites for hydroxylation is 2. The van der Waals surface area contributed by atoms with Gasteiger partial charge in [0.15, 0.2) is 0 Å². The van der Waals surface area contributed by atoms with Gasteiger partial charge in [-0.05, 0) is 24.9 Å². The third-order valence-corrected chi connectivity index (χ3v) is 2.22. The molecule has 2 N–H and O–H groups in total. The first-order valence-corrected chi connectivity index (χ1v) is 4.51. The van der Waals surface area contributed by atoms with E-state index in [-0.39, 0.29) is 0 Å². The third kappa shape index (κ3) is 2.35. The molecule has 1 aromatic carbocycles. The van der Waals surface area contributed by atoms with Crippen LogP contribution in [0.5, 0.6) is 0 Å². The highest BCUT2D eigenvalue weighted by Crippen LogP contribution is 2.08. The Hall–Kier alpha value is -0.835. The molecule has 1 rings (SSSR count). The highest BCUT2D eigenvalue weighted by atomic mass is 16.5. The predicted octanol–water partition coefficient (Wildman–Crippen LogP) is 0.130. The van der Waals surface area contributed by atoms with Crippen molar-refractivity contribution in [3.63, 3.8) is 0 Å². The van der Waals surface area contributed by atoms with E-state index in [0.29, 0.717) is 12.1 Å². The fraction of sp³-hybridized carbons (Fsp3) is 0.400. The van der Waals surface area contributed by atoms with E-state index in [9.17, 15) is 0 Å². The van der Waals surface area contributed by atoms with Crippen LogP contribution in [0, 0.1) is 13.8 Å². The zero-order valence-corrected chi connectivity index (χ0v) is 8.74. The van der Waals surface area contributed by atoms with Crippen molar-refractivity contribution in [3.8, 4) is 0 Å². The Bertz CT molecular complexity index is 300. The molecule has 4 heteroatoms. The molecule has 0 amide bonds. The van der Waals surface area contributed by atoms with Gasteiger partial charge in [0.1, 0.15) is 0 Å². The quantitative estimate of drug-likeness (QED) is 0.672. The van der Waals surface area contributed by atoms with Gasteiger partial charge < -0.3 is 14.8 Å². The summed E-state index contributed by atoms with van der Waals surface area (Å²) in [4.78, 5) is 0. The Labute approximate surface area is 84.5 Å². The van der Waals surface area contributed by atoms with Crippen molar-refractivity contribution in [1.82, 2.24) is 0 Å². The van der Waals surface area contributed by atoms with Gasteiger partial charge in [-0.3, -0.25) is 0 Å². The van der Waals surface area contributed by atoms with Crippen molar-refractivity contribution in [2.45, 2.75) is 20.5 Å². The van der Waals surface area contributed by atoms with Gasteiger partial charge in [0.05, 0.1) is 6.61 Å². The van der Waals surface area contributed by atoms with Crippen molar-refractivity contribution in [2.75, 3.05) is 7.11 Å². The summed E-state index contributed by atoms with van der Waals surface area (Å²) < 4.78 is 5.01. The monoisotopic (exact) mass is 194 g/mol. The molecule has 14 heavy (non-hydrogen) atoms. The van der Waals surface area contributed by atoms with Gasteiger partial charge in [-0.1, -0.05) is 23.3 Å². The molecule has 1 aromatic rings. The van der Waals surface area contributed by atoms with Crippen molar-refractivity contribution >= 4 is 12.6 Å². The first-order chi connectivity index (χ1) is 6.56. The molecule has 0 spiro atoms. The normalized spacial score (nSPS) is 10.4. The molecule has 0 bridgehead atoms. The minimum atomic E-state index is -1.40. The van der Waals surface area contributed by atoms with Crippen LogP contribution in [0.3, 0.4) is 0 Å². The van der Waals surface area contributed by atoms with Gasteiger partial charge >= 0.3 is 7.12 Å². The average molecular weight is 194 g/mol. The number of benzene rings is 1. The Balaban J connectivity index is 3.11. The molecule has 0 saturated heterocycles. The molecule has 0 radical (unpaired) electrons. The lowest BCUT2D eigenvalue weighted by Gasteiger charge is -2.11. The zero-order chi connectivity index (χ0) is 10.7. The number of methoxy groups -OCH3 is 1. The Morgan fingerprint density at radius 2 is 1.71 bits per heavy atom. The molecule has 0 heterocycles. The fourth-order valence-corrected chi connectivity index (χ4v) is 1.72. The maximum Gasteiger partial charge on any atom is 0.488 e. The summed E-state index contributed by atoms with van der Waals surface area (Å²) in [6, 6.07) is 3.82. The van der Waals surface area contributed by atoms with Crippen LogP contribution < -0.4 is 5.46 Å². The van der Waals surface area contributed by atoms with Crippen LogP contribution in [0.15, 0.2) is 12.1 Å². The smallest absolute Gasteiger partial charge is 0.423 e. The molecule has 0 aliphatic carbocycles. The SMILES string of the molecule is COCc1cc(C)c(B(O)O)c(C)c1. The number of hydrogen-bond donors (Lipinski definition) is 2. The number of ether oxygens (including phenoxy) is 1. The zero-order valence-electron chi connectivity index (χ0n) is 8.74. The highest BCUT2D eigenvalue weighted by Gasteiger charge is 2.17. The molecule has 0 aliphatic heterocycles. The second kappa shape index (κ2) is 4.60. The van der Waals surface area contributed by atoms with Crippen molar-refractivity contribution in [3.05, 3.63) is 28.8 Å². The Kier molecular flexibility index (Phi) is 3.69. The first-order valence-electron chi connectivity index (χ1n) is 4.51. The van der Waals surface area contributed by atoms with Crippen LogP contribution >= 0.6 is 0 Å². The second-order valence-electron chi connectivity index (χ2n) is 3.45. The first kappa shape index (κ1) is 11.2. The van der Waals surface area contributed by atoms with Gasteiger partial charge in [0, 0.05) is 7.11 Å². The van der Waals surface area contributed by atoms with Crippen LogP contribution in [0.2, 0.25) is 0 Å². The average Bonchev–Trinajstić information content (AvgIpc) is 2.01. The van der Waals surface area contributed by atoms with Gasteiger partial charge in [0.25, 0.3) is 0 Å². The molecule has 3 nitrogen and oxygen atoms in total. The van der Waals surface area contributed by atoms with Crippen LogP contribution in [0.25, 0.3) is 0 Å². The second-order valence-corrected chi connectivity index (χ2v) is 3.45. The molecule has 0 unspecified atom stereocenters. The van der Waals surface area contributed by atoms with E-state index in [4.69, 9.17) is 14.8 Å². The maximum atomic E-state index is 9.13. The minimum Gasteiger partial charge on any atom is -0.423 e. The topological polar surface area (TPSA) is 49.7 Å². The summed E-state index contributed by atoms with van der Waals surface area (Å²) in [5.74, 6) is 0. The minimum absolute atomic E-state index is 0.545. The standard InChI is InChI=1S/C10H15BO3/c1-7-4-9(6-14-3)5-8(2)10(7)11(12)13/h4-5,12-13H,6H2,1-3H3. The number of hydrogen-bond acceptors (Lipinski definition) is 3. The van der Waals surface area contributed by atoms with E-state index in [0.717, 1.165) is 16.7 Å². The van der Waals surface area contributed by atoms with Crippen LogP contribution in [0.4, 0.5) is 0 Å². The fourth-order valence-electron chi connectivity index (χ4n) is 1.72. The summed E-state index contributed by atoms with van der Waals surface area (Å²) >= 11 is 0. The van der Waals surface area contributed by atoms with Crippen molar-refractivity contribution in [2.24, 2.45) is 0 Å². The summed E-state index contributed by atoms with van der Waals surface area (Å²) in [5.41, 5.74) is 3.40. The molecule has 76 valence electrons. The largest absolute Gasteiger partial charge is 0.488 e. The molecule has 0 aromatic heterocycles. The van der Waals surface area contributed by atoms with Gasteiger partial charge in [-0.25, -0.2) is 0 Å². The predicted molar refractivity (Wildman–Crippen MR) is 56.5 cm³/mol. The summed E-state index contributed by atoms with van der Waals surface area (Å²) in [6.45, 7) is 4.27. The van der Waals surface area contributed by atoms with E-state index in [1.54, 1.807) is 7.11 Å². The molecule has 0 saturated carbocycles. The van der Waals surface area contributed by atoms with Gasteiger partial charge in [-0.15, -0.1) is 0 Å². The van der Waals surface area contributed by atoms with E-state index >= 15 is 0 Å². The highest BCUT2D eigenvalue weighted by molar-refractivity contribution is 6.59. The maximum absolute atomic E-state index is 9.13. The van der Waals surface area contributed by atoms with Crippen LogP contribution in [-0.4, -0.2) is 24.3 Å². The lowest BCUT2D eigenvalue weighted by molar-refractivity contribution is 0.185. The molecule has 0 fully saturated rings.